The number of hydrogen-bond donors (Lipinski definition) is 2. The van der Waals surface area contributed by atoms with Crippen molar-refractivity contribution in [3.05, 3.63) is 46.6 Å². The minimum atomic E-state index is 0.354. The van der Waals surface area contributed by atoms with Gasteiger partial charge in [-0.2, -0.15) is 15.0 Å². The topological polar surface area (TPSA) is 92.0 Å². The maximum absolute atomic E-state index is 5.79. The van der Waals surface area contributed by atoms with Gasteiger partial charge in [0, 0.05) is 26.2 Å². The van der Waals surface area contributed by atoms with Gasteiger partial charge >= 0.3 is 6.01 Å². The van der Waals surface area contributed by atoms with Crippen LogP contribution in [0.2, 0.25) is 0 Å². The lowest BCUT2D eigenvalue weighted by Gasteiger charge is -2.13. The molecule has 0 bridgehead atoms. The molecule has 0 saturated heterocycles. The Balaban J connectivity index is 1.70. The Hall–Kier alpha value is -3.16. The number of oxazole rings is 1. The molecule has 0 fully saturated rings. The number of aromatic nitrogens is 4. The summed E-state index contributed by atoms with van der Waals surface area (Å²) in [5, 5.41) is 6.46. The maximum Gasteiger partial charge on any atom is 0.301 e. The predicted octanol–water partition coefficient (Wildman–Crippen LogP) is 3.77. The molecule has 2 N–H and O–H groups in total. The van der Waals surface area contributed by atoms with Gasteiger partial charge in [0.25, 0.3) is 0 Å². The van der Waals surface area contributed by atoms with Gasteiger partial charge in [0.05, 0.1) is 12.7 Å². The molecular weight excluding hydrogens is 354 g/mol. The van der Waals surface area contributed by atoms with Crippen molar-refractivity contribution in [3.63, 3.8) is 0 Å². The first kappa shape index (κ1) is 19.6. The van der Waals surface area contributed by atoms with Crippen LogP contribution in [0.15, 0.2) is 22.7 Å². The number of nitrogens with zero attached hydrogens (tertiary/aromatic N) is 5. The smallest absolute Gasteiger partial charge is 0.301 e. The van der Waals surface area contributed by atoms with Gasteiger partial charge in [-0.1, -0.05) is 24.6 Å². The molecule has 0 aliphatic carbocycles. The molecule has 28 heavy (non-hydrogen) atoms. The lowest BCUT2D eigenvalue weighted by molar-refractivity contribution is 0.528. The molecule has 148 valence electrons. The molecule has 3 aromatic rings. The molecule has 2 heterocycles. The van der Waals surface area contributed by atoms with E-state index in [4.69, 9.17) is 4.42 Å². The van der Waals surface area contributed by atoms with Gasteiger partial charge < -0.3 is 14.6 Å². The summed E-state index contributed by atoms with van der Waals surface area (Å²) in [7, 11) is 3.78. The SMILES string of the molecule is CCc1nc(Nc2ncc(CNc3c(C)cc(C)cc3C)o2)nc(N(C)C)n1. The number of nitrogens with one attached hydrogen (secondary N) is 2. The van der Waals surface area contributed by atoms with Crippen LogP contribution in [0.5, 0.6) is 0 Å². The highest BCUT2D eigenvalue weighted by Gasteiger charge is 2.11. The third-order valence-corrected chi connectivity index (χ3v) is 4.27. The molecule has 0 saturated carbocycles. The molecule has 2 aromatic heterocycles. The van der Waals surface area contributed by atoms with E-state index in [0.29, 0.717) is 36.7 Å². The van der Waals surface area contributed by atoms with Gasteiger partial charge in [0.1, 0.15) is 11.6 Å². The fourth-order valence-electron chi connectivity index (χ4n) is 3.00. The van der Waals surface area contributed by atoms with Crippen molar-refractivity contribution >= 4 is 23.6 Å². The minimum Gasteiger partial charge on any atom is -0.427 e. The van der Waals surface area contributed by atoms with E-state index in [-0.39, 0.29) is 0 Å². The van der Waals surface area contributed by atoms with Gasteiger partial charge in [0.15, 0.2) is 0 Å². The van der Waals surface area contributed by atoms with Crippen molar-refractivity contribution in [2.24, 2.45) is 0 Å². The molecule has 0 atom stereocenters. The Bertz CT molecular complexity index is 942. The van der Waals surface area contributed by atoms with E-state index in [2.05, 4.69) is 63.5 Å². The first-order valence-corrected chi connectivity index (χ1v) is 9.31. The predicted molar refractivity (Wildman–Crippen MR) is 111 cm³/mol. The number of hydrogen-bond acceptors (Lipinski definition) is 8. The zero-order valence-corrected chi connectivity index (χ0v) is 17.3. The number of benzene rings is 1. The molecule has 0 aliphatic heterocycles. The second-order valence-corrected chi connectivity index (χ2v) is 7.01. The van der Waals surface area contributed by atoms with Crippen LogP contribution in [0, 0.1) is 20.8 Å². The largest absolute Gasteiger partial charge is 0.427 e. The highest BCUT2D eigenvalue weighted by molar-refractivity contribution is 5.58. The van der Waals surface area contributed by atoms with Crippen LogP contribution >= 0.6 is 0 Å². The van der Waals surface area contributed by atoms with Gasteiger partial charge in [-0.05, 0) is 31.9 Å². The average molecular weight is 381 g/mol. The normalized spacial score (nSPS) is 10.8. The molecule has 0 aliphatic rings. The van der Waals surface area contributed by atoms with Crippen LogP contribution in [-0.4, -0.2) is 34.0 Å². The van der Waals surface area contributed by atoms with Crippen LogP contribution in [0.1, 0.15) is 35.2 Å². The third-order valence-electron chi connectivity index (χ3n) is 4.27. The molecule has 0 unspecified atom stereocenters. The van der Waals surface area contributed by atoms with Crippen molar-refractivity contribution in [1.82, 2.24) is 19.9 Å². The Kier molecular flexibility index (Phi) is 5.77. The van der Waals surface area contributed by atoms with Crippen LogP contribution in [0.3, 0.4) is 0 Å². The first-order valence-electron chi connectivity index (χ1n) is 9.31. The van der Waals surface area contributed by atoms with Gasteiger partial charge in [-0.3, -0.25) is 5.32 Å². The average Bonchev–Trinajstić information content (AvgIpc) is 3.07. The van der Waals surface area contributed by atoms with Gasteiger partial charge in [-0.15, -0.1) is 0 Å². The Morgan fingerprint density at radius 1 is 1.04 bits per heavy atom. The van der Waals surface area contributed by atoms with E-state index < -0.39 is 0 Å². The van der Waals surface area contributed by atoms with Crippen molar-refractivity contribution in [2.75, 3.05) is 29.6 Å². The van der Waals surface area contributed by atoms with Crippen LogP contribution in [0.4, 0.5) is 23.6 Å². The summed E-state index contributed by atoms with van der Waals surface area (Å²) >= 11 is 0. The lowest BCUT2D eigenvalue weighted by atomic mass is 10.1. The minimum absolute atomic E-state index is 0.354. The third kappa shape index (κ3) is 4.57. The Morgan fingerprint density at radius 2 is 1.75 bits per heavy atom. The summed E-state index contributed by atoms with van der Waals surface area (Å²) in [6.45, 7) is 8.85. The van der Waals surface area contributed by atoms with Gasteiger partial charge in [-0.25, -0.2) is 4.98 Å². The number of rotatable bonds is 7. The second kappa shape index (κ2) is 8.24. The molecular formula is C20H27N7O. The number of aryl methyl sites for hydroxylation is 4. The molecule has 0 spiro atoms. The quantitative estimate of drug-likeness (QED) is 0.639. The van der Waals surface area contributed by atoms with Crippen LogP contribution in [-0.2, 0) is 13.0 Å². The monoisotopic (exact) mass is 381 g/mol. The van der Waals surface area contributed by atoms with E-state index in [9.17, 15) is 0 Å². The molecule has 8 nitrogen and oxygen atoms in total. The number of anilines is 4. The van der Waals surface area contributed by atoms with Crippen molar-refractivity contribution in [2.45, 2.75) is 40.7 Å². The summed E-state index contributed by atoms with van der Waals surface area (Å²) in [6, 6.07) is 4.68. The van der Waals surface area contributed by atoms with E-state index in [1.54, 1.807) is 6.20 Å². The van der Waals surface area contributed by atoms with E-state index in [1.807, 2.05) is 25.9 Å². The summed E-state index contributed by atoms with van der Waals surface area (Å²) in [4.78, 5) is 19.3. The molecule has 0 radical (unpaired) electrons. The second-order valence-electron chi connectivity index (χ2n) is 7.01. The zero-order valence-electron chi connectivity index (χ0n) is 17.3. The van der Waals surface area contributed by atoms with Crippen molar-refractivity contribution < 1.29 is 4.42 Å². The summed E-state index contributed by atoms with van der Waals surface area (Å²) < 4.78 is 5.79. The molecule has 3 rings (SSSR count). The summed E-state index contributed by atoms with van der Waals surface area (Å²) in [5.41, 5.74) is 4.80. The van der Waals surface area contributed by atoms with E-state index in [0.717, 1.165) is 11.4 Å². The van der Waals surface area contributed by atoms with Crippen LogP contribution in [0.25, 0.3) is 0 Å². The first-order chi connectivity index (χ1) is 13.4. The Labute approximate surface area is 165 Å². The fourth-order valence-corrected chi connectivity index (χ4v) is 3.00. The summed E-state index contributed by atoms with van der Waals surface area (Å²) in [5.74, 6) is 2.44. The fraction of sp³-hybridized carbons (Fsp3) is 0.400. The van der Waals surface area contributed by atoms with Crippen LogP contribution < -0.4 is 15.5 Å². The van der Waals surface area contributed by atoms with Crippen molar-refractivity contribution in [1.29, 1.82) is 0 Å². The lowest BCUT2D eigenvalue weighted by Crippen LogP contribution is -2.16. The zero-order chi connectivity index (χ0) is 20.3. The van der Waals surface area contributed by atoms with Gasteiger partial charge in [0.2, 0.25) is 11.9 Å². The molecule has 8 heteroatoms. The standard InChI is InChI=1S/C20H27N7O/c1-7-16-23-18(25-19(24-16)27(5)6)26-20-22-11-15(28-20)10-21-17-13(3)8-12(2)9-14(17)4/h8-9,11,21H,7,10H2,1-6H3,(H,22,23,24,25,26). The maximum atomic E-state index is 5.79. The summed E-state index contributed by atoms with van der Waals surface area (Å²) in [6.07, 6.45) is 2.41. The molecule has 0 amide bonds. The van der Waals surface area contributed by atoms with E-state index in [1.165, 1.54) is 16.7 Å². The highest BCUT2D eigenvalue weighted by Crippen LogP contribution is 2.23. The van der Waals surface area contributed by atoms with E-state index >= 15 is 0 Å². The Morgan fingerprint density at radius 3 is 2.39 bits per heavy atom. The highest BCUT2D eigenvalue weighted by atomic mass is 16.4. The van der Waals surface area contributed by atoms with Crippen molar-refractivity contribution in [3.8, 4) is 0 Å². The molecule has 1 aromatic carbocycles.